The zero-order valence-electron chi connectivity index (χ0n) is 11.6. The van der Waals surface area contributed by atoms with Crippen LogP contribution in [-0.2, 0) is 0 Å². The maximum atomic E-state index is 12.4. The minimum Gasteiger partial charge on any atom is -0.353 e. The quantitative estimate of drug-likeness (QED) is 0.468. The number of carbonyl (C=O) groups excluding carboxylic acids is 2. The molecule has 0 saturated carbocycles. The molecule has 0 bridgehead atoms. The highest BCUT2D eigenvalue weighted by Gasteiger charge is 2.33. The number of pyridine rings is 1. The fourth-order valence-electron chi connectivity index (χ4n) is 3.36. The number of nitrogens with one attached hydrogen (secondary N) is 2. The molecule has 6 heteroatoms. The molecule has 4 aromatic rings. The lowest BCUT2D eigenvalue weighted by atomic mass is 9.97. The van der Waals surface area contributed by atoms with Gasteiger partial charge < -0.3 is 4.98 Å². The van der Waals surface area contributed by atoms with E-state index >= 15 is 0 Å². The molecule has 110 valence electrons. The van der Waals surface area contributed by atoms with E-state index in [-0.39, 0.29) is 11.8 Å². The van der Waals surface area contributed by atoms with Crippen LogP contribution in [-0.4, -0.2) is 21.8 Å². The lowest BCUT2D eigenvalue weighted by Gasteiger charge is -2.04. The maximum absolute atomic E-state index is 12.4. The van der Waals surface area contributed by atoms with Crippen molar-refractivity contribution in [2.75, 3.05) is 0 Å². The average molecular weight is 366 g/mol. The molecular formula is C17H8BrN3O2. The standard InChI is InChI=1S/C17H8BrN3O2/c18-7-3-4-10-9(6-7)11-13-12(16(22)21-17(13)23)8-2-1-5-19-14(8)15(11)20-10/h1-6,20H,(H,21,22,23). The van der Waals surface area contributed by atoms with Gasteiger partial charge in [0.25, 0.3) is 11.8 Å². The topological polar surface area (TPSA) is 74.8 Å². The summed E-state index contributed by atoms with van der Waals surface area (Å²) < 4.78 is 0.908. The van der Waals surface area contributed by atoms with Gasteiger partial charge in [0.15, 0.2) is 0 Å². The van der Waals surface area contributed by atoms with Gasteiger partial charge in [-0.3, -0.25) is 19.9 Å². The van der Waals surface area contributed by atoms with E-state index in [2.05, 4.69) is 31.2 Å². The van der Waals surface area contributed by atoms with Gasteiger partial charge in [-0.15, -0.1) is 0 Å². The molecule has 0 aliphatic carbocycles. The molecule has 1 aliphatic heterocycles. The lowest BCUT2D eigenvalue weighted by molar-refractivity contribution is 0.0880. The Morgan fingerprint density at radius 2 is 1.83 bits per heavy atom. The Labute approximate surface area is 137 Å². The van der Waals surface area contributed by atoms with Crippen molar-refractivity contribution in [2.24, 2.45) is 0 Å². The van der Waals surface area contributed by atoms with Crippen LogP contribution in [0.2, 0.25) is 0 Å². The Kier molecular flexibility index (Phi) is 2.32. The third-order valence-electron chi connectivity index (χ3n) is 4.26. The Balaban J connectivity index is 2.18. The number of benzene rings is 2. The van der Waals surface area contributed by atoms with Crippen molar-refractivity contribution in [3.8, 4) is 0 Å². The van der Waals surface area contributed by atoms with E-state index < -0.39 is 0 Å². The molecule has 5 rings (SSSR count). The molecule has 0 radical (unpaired) electrons. The number of hydrogen-bond acceptors (Lipinski definition) is 3. The predicted molar refractivity (Wildman–Crippen MR) is 90.6 cm³/mol. The highest BCUT2D eigenvalue weighted by molar-refractivity contribution is 9.10. The van der Waals surface area contributed by atoms with E-state index in [1.807, 2.05) is 24.3 Å². The van der Waals surface area contributed by atoms with Gasteiger partial charge in [0.05, 0.1) is 22.2 Å². The van der Waals surface area contributed by atoms with Gasteiger partial charge in [-0.1, -0.05) is 22.0 Å². The number of nitrogens with zero attached hydrogens (tertiary/aromatic N) is 1. The number of fused-ring (bicyclic) bond motifs is 8. The van der Waals surface area contributed by atoms with Gasteiger partial charge >= 0.3 is 0 Å². The zero-order chi connectivity index (χ0) is 15.7. The van der Waals surface area contributed by atoms with Crippen LogP contribution in [0.4, 0.5) is 0 Å². The first kappa shape index (κ1) is 12.8. The average Bonchev–Trinajstić information content (AvgIpc) is 3.05. The first-order valence-electron chi connectivity index (χ1n) is 7.02. The van der Waals surface area contributed by atoms with Crippen molar-refractivity contribution >= 4 is 60.5 Å². The lowest BCUT2D eigenvalue weighted by Crippen LogP contribution is -2.20. The summed E-state index contributed by atoms with van der Waals surface area (Å²) in [6, 6.07) is 9.40. The number of hydrogen-bond donors (Lipinski definition) is 2. The number of imide groups is 1. The first-order valence-corrected chi connectivity index (χ1v) is 7.82. The van der Waals surface area contributed by atoms with Crippen LogP contribution in [0.3, 0.4) is 0 Å². The summed E-state index contributed by atoms with van der Waals surface area (Å²) in [5.74, 6) is -0.726. The minimum absolute atomic E-state index is 0.360. The second-order valence-electron chi connectivity index (χ2n) is 5.50. The molecule has 0 spiro atoms. The SMILES string of the molecule is O=C1NC(=O)c2c1c1cccnc1c1[nH]c3ccc(Br)cc3c21. The highest BCUT2D eigenvalue weighted by Crippen LogP contribution is 2.38. The molecule has 3 heterocycles. The summed E-state index contributed by atoms with van der Waals surface area (Å²) in [6.07, 6.45) is 1.68. The molecule has 1 aliphatic rings. The predicted octanol–water partition coefficient (Wildman–Crippen LogP) is 3.52. The Hall–Kier alpha value is -2.73. The molecule has 2 amide bonds. The normalized spacial score (nSPS) is 14.0. The Morgan fingerprint density at radius 1 is 1.00 bits per heavy atom. The largest absolute Gasteiger partial charge is 0.353 e. The van der Waals surface area contributed by atoms with E-state index in [9.17, 15) is 9.59 Å². The van der Waals surface area contributed by atoms with E-state index in [4.69, 9.17) is 0 Å². The highest BCUT2D eigenvalue weighted by atomic mass is 79.9. The number of rotatable bonds is 0. The van der Waals surface area contributed by atoms with E-state index in [1.165, 1.54) is 0 Å². The van der Waals surface area contributed by atoms with Crippen LogP contribution in [0.1, 0.15) is 20.7 Å². The van der Waals surface area contributed by atoms with Crippen molar-refractivity contribution in [3.63, 3.8) is 0 Å². The second-order valence-corrected chi connectivity index (χ2v) is 6.41. The molecule has 0 saturated heterocycles. The number of halogens is 1. The number of aromatic amines is 1. The third kappa shape index (κ3) is 1.53. The fourth-order valence-corrected chi connectivity index (χ4v) is 3.72. The summed E-state index contributed by atoms with van der Waals surface area (Å²) in [4.78, 5) is 32.4. The molecule has 2 N–H and O–H groups in total. The number of aromatic nitrogens is 2. The molecule has 2 aromatic heterocycles. The fraction of sp³-hybridized carbons (Fsp3) is 0. The first-order chi connectivity index (χ1) is 11.1. The van der Waals surface area contributed by atoms with E-state index in [0.29, 0.717) is 22.0 Å². The summed E-state index contributed by atoms with van der Waals surface area (Å²) in [7, 11) is 0. The summed E-state index contributed by atoms with van der Waals surface area (Å²) in [5, 5.41) is 4.72. The van der Waals surface area contributed by atoms with Crippen molar-refractivity contribution in [1.82, 2.24) is 15.3 Å². The maximum Gasteiger partial charge on any atom is 0.259 e. The molecule has 5 nitrogen and oxygen atoms in total. The molecular weight excluding hydrogens is 358 g/mol. The van der Waals surface area contributed by atoms with Crippen molar-refractivity contribution in [1.29, 1.82) is 0 Å². The van der Waals surface area contributed by atoms with Crippen LogP contribution in [0, 0.1) is 0 Å². The molecule has 0 fully saturated rings. The Bertz CT molecular complexity index is 1190. The smallest absolute Gasteiger partial charge is 0.259 e. The van der Waals surface area contributed by atoms with Crippen LogP contribution in [0.15, 0.2) is 41.0 Å². The third-order valence-corrected chi connectivity index (χ3v) is 4.75. The van der Waals surface area contributed by atoms with Gasteiger partial charge in [-0.05, 0) is 24.3 Å². The summed E-state index contributed by atoms with van der Waals surface area (Å²) in [6.45, 7) is 0. The van der Waals surface area contributed by atoms with Crippen molar-refractivity contribution < 1.29 is 9.59 Å². The van der Waals surface area contributed by atoms with Crippen LogP contribution in [0.25, 0.3) is 32.7 Å². The van der Waals surface area contributed by atoms with Gasteiger partial charge in [-0.2, -0.15) is 0 Å². The molecule has 0 atom stereocenters. The van der Waals surface area contributed by atoms with Crippen LogP contribution >= 0.6 is 15.9 Å². The van der Waals surface area contributed by atoms with Crippen LogP contribution in [0.5, 0.6) is 0 Å². The summed E-state index contributed by atoms with van der Waals surface area (Å²) >= 11 is 3.46. The van der Waals surface area contributed by atoms with Crippen molar-refractivity contribution in [2.45, 2.75) is 0 Å². The number of amides is 2. The number of carbonyl (C=O) groups is 2. The molecule has 23 heavy (non-hydrogen) atoms. The monoisotopic (exact) mass is 365 g/mol. The zero-order valence-corrected chi connectivity index (χ0v) is 13.2. The van der Waals surface area contributed by atoms with Gasteiger partial charge in [0.2, 0.25) is 0 Å². The second kappa shape index (κ2) is 4.17. The Morgan fingerprint density at radius 3 is 2.70 bits per heavy atom. The molecule has 0 unspecified atom stereocenters. The number of H-pyrrole nitrogens is 1. The van der Waals surface area contributed by atoms with Crippen molar-refractivity contribution in [3.05, 3.63) is 52.1 Å². The van der Waals surface area contributed by atoms with Gasteiger partial charge in [0.1, 0.15) is 0 Å². The summed E-state index contributed by atoms with van der Waals surface area (Å²) in [5.41, 5.74) is 3.20. The van der Waals surface area contributed by atoms with Crippen LogP contribution < -0.4 is 5.32 Å². The molecule has 2 aromatic carbocycles. The van der Waals surface area contributed by atoms with Gasteiger partial charge in [0, 0.05) is 32.3 Å². The van der Waals surface area contributed by atoms with E-state index in [0.717, 1.165) is 26.3 Å². The minimum atomic E-state index is -0.366. The van der Waals surface area contributed by atoms with Gasteiger partial charge in [-0.25, -0.2) is 0 Å². The van der Waals surface area contributed by atoms with E-state index in [1.54, 1.807) is 12.3 Å².